The number of benzene rings is 2. The maximum atomic E-state index is 13.5. The summed E-state index contributed by atoms with van der Waals surface area (Å²) < 4.78 is 11.5. The zero-order valence-corrected chi connectivity index (χ0v) is 26.6. The van der Waals surface area contributed by atoms with Gasteiger partial charge in [0.25, 0.3) is 0 Å². The first-order valence-corrected chi connectivity index (χ1v) is 15.2. The van der Waals surface area contributed by atoms with E-state index in [1.165, 1.54) is 5.56 Å². The molecule has 43 heavy (non-hydrogen) atoms. The van der Waals surface area contributed by atoms with Gasteiger partial charge in [0.15, 0.2) is 0 Å². The van der Waals surface area contributed by atoms with Crippen molar-refractivity contribution in [2.75, 3.05) is 0 Å². The number of hydrogen-bond acceptors (Lipinski definition) is 6. The molecule has 1 aromatic heterocycles. The summed E-state index contributed by atoms with van der Waals surface area (Å²) in [4.78, 5) is 31.1. The molecule has 1 heterocycles. The predicted octanol–water partition coefficient (Wildman–Crippen LogP) is 8.24. The normalized spacial score (nSPS) is 17.6. The second-order valence-electron chi connectivity index (χ2n) is 13.9. The maximum absolute atomic E-state index is 13.5. The first-order valence-electron chi connectivity index (χ1n) is 15.2. The van der Waals surface area contributed by atoms with Crippen LogP contribution in [0.2, 0.25) is 0 Å². The summed E-state index contributed by atoms with van der Waals surface area (Å²) >= 11 is 0. The Bertz CT molecular complexity index is 1470. The van der Waals surface area contributed by atoms with Gasteiger partial charge in [-0.1, -0.05) is 42.0 Å². The van der Waals surface area contributed by atoms with Crippen LogP contribution >= 0.6 is 0 Å². The lowest BCUT2D eigenvalue weighted by atomic mass is 9.87. The third kappa shape index (κ3) is 9.00. The van der Waals surface area contributed by atoms with E-state index in [0.29, 0.717) is 24.8 Å². The minimum atomic E-state index is -0.607. The van der Waals surface area contributed by atoms with Crippen LogP contribution in [0.3, 0.4) is 0 Å². The lowest BCUT2D eigenvalue weighted by Gasteiger charge is -2.26. The molecule has 1 aliphatic carbocycles. The third-order valence-electron chi connectivity index (χ3n) is 7.74. The fraction of sp³-hybridized carbons (Fsp3) is 0.459. The van der Waals surface area contributed by atoms with Crippen LogP contribution in [0.15, 0.2) is 60.8 Å². The van der Waals surface area contributed by atoms with E-state index in [9.17, 15) is 14.9 Å². The van der Waals surface area contributed by atoms with Gasteiger partial charge in [-0.25, -0.2) is 0 Å². The molecular formula is C37H44N2O4. The first kappa shape index (κ1) is 31.9. The van der Waals surface area contributed by atoms with E-state index in [1.807, 2.05) is 72.0 Å². The van der Waals surface area contributed by atoms with E-state index in [1.54, 1.807) is 0 Å². The number of esters is 2. The molecule has 3 atom stereocenters. The average molecular weight is 581 g/mol. The Morgan fingerprint density at radius 1 is 0.907 bits per heavy atom. The number of nitriles is 1. The molecule has 2 unspecified atom stereocenters. The molecule has 1 aliphatic rings. The standard InChI is InChI=1S/C37H44N2O4/c1-24-8-13-27(14-9-24)32-21-31(39-23-33(32)28-15-10-25(22-38)11-16-28)20-30(35(41)43-37(5,6)7)19-26-12-17-29(18-26)34(40)42-36(2,3)4/h8-11,13-16,21,23,26,29-30H,12,17-20H2,1-7H3/t26-,29?,30?/m0/s1. The Kier molecular flexibility index (Phi) is 9.75. The number of nitrogens with zero attached hydrogens (tertiary/aromatic N) is 2. The van der Waals surface area contributed by atoms with Gasteiger partial charge in [0.2, 0.25) is 0 Å². The molecule has 6 heteroatoms. The number of rotatable bonds is 8. The second kappa shape index (κ2) is 13.1. The van der Waals surface area contributed by atoms with E-state index < -0.39 is 11.2 Å². The van der Waals surface area contributed by atoms with Crippen LogP contribution in [0.4, 0.5) is 0 Å². The number of pyridine rings is 1. The minimum Gasteiger partial charge on any atom is -0.460 e. The van der Waals surface area contributed by atoms with Crippen molar-refractivity contribution >= 4 is 11.9 Å². The van der Waals surface area contributed by atoms with Crippen molar-refractivity contribution in [1.82, 2.24) is 4.98 Å². The molecule has 226 valence electrons. The summed E-state index contributed by atoms with van der Waals surface area (Å²) in [7, 11) is 0. The van der Waals surface area contributed by atoms with E-state index in [-0.39, 0.29) is 29.7 Å². The molecule has 0 saturated heterocycles. The van der Waals surface area contributed by atoms with Crippen molar-refractivity contribution < 1.29 is 19.1 Å². The Morgan fingerprint density at radius 2 is 1.51 bits per heavy atom. The Labute approximate surface area is 256 Å². The highest BCUT2D eigenvalue weighted by Gasteiger charge is 2.36. The van der Waals surface area contributed by atoms with Crippen molar-refractivity contribution in [2.24, 2.45) is 17.8 Å². The Balaban J connectivity index is 1.63. The highest BCUT2D eigenvalue weighted by atomic mass is 16.6. The summed E-state index contributed by atoms with van der Waals surface area (Å²) in [5, 5.41) is 9.26. The van der Waals surface area contributed by atoms with Crippen LogP contribution < -0.4 is 0 Å². The first-order chi connectivity index (χ1) is 20.2. The van der Waals surface area contributed by atoms with Gasteiger partial charge in [-0.3, -0.25) is 14.6 Å². The maximum Gasteiger partial charge on any atom is 0.309 e. The zero-order valence-electron chi connectivity index (χ0n) is 26.6. The van der Waals surface area contributed by atoms with Gasteiger partial charge in [0, 0.05) is 23.9 Å². The lowest BCUT2D eigenvalue weighted by molar-refractivity contribution is -0.160. The largest absolute Gasteiger partial charge is 0.460 e. The Hall–Kier alpha value is -3.98. The van der Waals surface area contributed by atoms with Crippen molar-refractivity contribution in [3.05, 3.63) is 77.6 Å². The molecule has 2 aromatic carbocycles. The number of carbonyl (C=O) groups is 2. The van der Waals surface area contributed by atoms with Gasteiger partial charge in [0.05, 0.1) is 23.5 Å². The summed E-state index contributed by atoms with van der Waals surface area (Å²) in [5.41, 5.74) is 5.46. The quantitative estimate of drug-likeness (QED) is 0.249. The minimum absolute atomic E-state index is 0.138. The molecule has 4 rings (SSSR count). The summed E-state index contributed by atoms with van der Waals surface area (Å²) in [5.74, 6) is -0.679. The van der Waals surface area contributed by atoms with E-state index in [0.717, 1.165) is 40.8 Å². The van der Waals surface area contributed by atoms with Crippen molar-refractivity contribution in [1.29, 1.82) is 5.26 Å². The number of hydrogen-bond donors (Lipinski definition) is 0. The average Bonchev–Trinajstić information content (AvgIpc) is 3.40. The van der Waals surface area contributed by atoms with E-state index in [4.69, 9.17) is 14.5 Å². The number of aromatic nitrogens is 1. The fourth-order valence-corrected chi connectivity index (χ4v) is 5.73. The Morgan fingerprint density at radius 3 is 2.12 bits per heavy atom. The number of aryl methyl sites for hydroxylation is 1. The van der Waals surface area contributed by atoms with Gasteiger partial charge in [0.1, 0.15) is 11.2 Å². The van der Waals surface area contributed by atoms with E-state index in [2.05, 4.69) is 43.3 Å². The zero-order chi connectivity index (χ0) is 31.4. The second-order valence-corrected chi connectivity index (χ2v) is 13.9. The number of carbonyl (C=O) groups excluding carboxylic acids is 2. The molecule has 0 spiro atoms. The smallest absolute Gasteiger partial charge is 0.309 e. The van der Waals surface area contributed by atoms with Crippen LogP contribution in [-0.4, -0.2) is 28.1 Å². The highest BCUT2D eigenvalue weighted by molar-refractivity contribution is 5.83. The fourth-order valence-electron chi connectivity index (χ4n) is 5.73. The van der Waals surface area contributed by atoms with Crippen molar-refractivity contribution in [2.45, 2.75) is 91.8 Å². The summed E-state index contributed by atoms with van der Waals surface area (Å²) in [6, 6.07) is 20.1. The predicted molar refractivity (Wildman–Crippen MR) is 169 cm³/mol. The van der Waals surface area contributed by atoms with Crippen molar-refractivity contribution in [3.8, 4) is 28.3 Å². The van der Waals surface area contributed by atoms with Crippen molar-refractivity contribution in [3.63, 3.8) is 0 Å². The topological polar surface area (TPSA) is 89.3 Å². The molecule has 1 saturated carbocycles. The molecule has 0 aliphatic heterocycles. The number of ether oxygens (including phenoxy) is 2. The molecule has 0 radical (unpaired) electrons. The van der Waals surface area contributed by atoms with Gasteiger partial charge in [-0.2, -0.15) is 5.26 Å². The van der Waals surface area contributed by atoms with Crippen LogP contribution in [0, 0.1) is 36.0 Å². The molecule has 0 bridgehead atoms. The van der Waals surface area contributed by atoms with Gasteiger partial charge in [-0.05, 0) is 115 Å². The van der Waals surface area contributed by atoms with Crippen LogP contribution in [0.25, 0.3) is 22.3 Å². The van der Waals surface area contributed by atoms with Crippen LogP contribution in [-0.2, 0) is 25.5 Å². The summed E-state index contributed by atoms with van der Waals surface area (Å²) in [6.45, 7) is 13.4. The van der Waals surface area contributed by atoms with Crippen LogP contribution in [0.1, 0.15) is 84.0 Å². The van der Waals surface area contributed by atoms with Crippen LogP contribution in [0.5, 0.6) is 0 Å². The lowest BCUT2D eigenvalue weighted by Crippen LogP contribution is -2.31. The van der Waals surface area contributed by atoms with E-state index >= 15 is 0 Å². The van der Waals surface area contributed by atoms with Gasteiger partial charge < -0.3 is 9.47 Å². The van der Waals surface area contributed by atoms with Gasteiger partial charge in [-0.15, -0.1) is 0 Å². The molecule has 0 amide bonds. The molecule has 0 N–H and O–H groups in total. The molecule has 3 aromatic rings. The summed E-state index contributed by atoms with van der Waals surface area (Å²) in [6.07, 6.45) is 5.31. The monoisotopic (exact) mass is 580 g/mol. The molecule has 1 fully saturated rings. The SMILES string of the molecule is Cc1ccc(-c2cc(CC(C[C@H]3CCC(C(=O)OC(C)(C)C)C3)C(=O)OC(C)(C)C)ncc2-c2ccc(C#N)cc2)cc1. The highest BCUT2D eigenvalue weighted by Crippen LogP contribution is 2.38. The third-order valence-corrected chi connectivity index (χ3v) is 7.74. The van der Waals surface area contributed by atoms with Gasteiger partial charge >= 0.3 is 11.9 Å². The molecule has 6 nitrogen and oxygen atoms in total. The molecular weight excluding hydrogens is 536 g/mol.